The van der Waals surface area contributed by atoms with Crippen molar-refractivity contribution in [2.75, 3.05) is 12.3 Å². The molecule has 0 spiro atoms. The smallest absolute Gasteiger partial charge is 0.154 e. The summed E-state index contributed by atoms with van der Waals surface area (Å²) in [6.45, 7) is 4.44. The van der Waals surface area contributed by atoms with Crippen LogP contribution in [0.1, 0.15) is 39.5 Å². The van der Waals surface area contributed by atoms with Crippen LogP contribution in [0.2, 0.25) is 0 Å². The van der Waals surface area contributed by atoms with Crippen LogP contribution in [0.3, 0.4) is 0 Å². The monoisotopic (exact) mass is 219 g/mol. The van der Waals surface area contributed by atoms with Gasteiger partial charge in [-0.3, -0.25) is 0 Å². The molecule has 1 saturated carbocycles. The van der Waals surface area contributed by atoms with Crippen LogP contribution in [0.15, 0.2) is 0 Å². The maximum absolute atomic E-state index is 11.7. The molecule has 3 nitrogen and oxygen atoms in total. The van der Waals surface area contributed by atoms with Crippen molar-refractivity contribution in [1.29, 1.82) is 0 Å². The van der Waals surface area contributed by atoms with E-state index in [9.17, 15) is 8.42 Å². The van der Waals surface area contributed by atoms with E-state index in [4.69, 9.17) is 0 Å². The molecule has 1 fully saturated rings. The maximum Gasteiger partial charge on any atom is 0.154 e. The lowest BCUT2D eigenvalue weighted by atomic mass is 10.4. The van der Waals surface area contributed by atoms with E-state index in [1.54, 1.807) is 6.92 Å². The van der Waals surface area contributed by atoms with E-state index < -0.39 is 9.84 Å². The van der Waals surface area contributed by atoms with Crippen LogP contribution in [0.4, 0.5) is 0 Å². The fourth-order valence-electron chi connectivity index (χ4n) is 1.29. The SMILES string of the molecule is CCCCS(=O)(=O)C(C)CNC1CC1. The second-order valence-corrected chi connectivity index (χ2v) is 6.75. The van der Waals surface area contributed by atoms with E-state index in [1.165, 1.54) is 12.8 Å². The Labute approximate surface area is 87.2 Å². The Kier molecular flexibility index (Phi) is 4.38. The predicted molar refractivity (Wildman–Crippen MR) is 59.2 cm³/mol. The van der Waals surface area contributed by atoms with Gasteiger partial charge in [0.1, 0.15) is 0 Å². The van der Waals surface area contributed by atoms with Gasteiger partial charge in [0.2, 0.25) is 0 Å². The first-order valence-electron chi connectivity index (χ1n) is 5.51. The van der Waals surface area contributed by atoms with Gasteiger partial charge in [-0.05, 0) is 26.2 Å². The molecule has 1 aliphatic rings. The van der Waals surface area contributed by atoms with E-state index in [-0.39, 0.29) is 5.25 Å². The third kappa shape index (κ3) is 3.96. The van der Waals surface area contributed by atoms with Crippen molar-refractivity contribution >= 4 is 9.84 Å². The first-order chi connectivity index (χ1) is 6.56. The van der Waals surface area contributed by atoms with Crippen LogP contribution < -0.4 is 5.32 Å². The average molecular weight is 219 g/mol. The molecular weight excluding hydrogens is 198 g/mol. The predicted octanol–water partition coefficient (Wildman–Crippen LogP) is 1.34. The normalized spacial score (nSPS) is 19.6. The van der Waals surface area contributed by atoms with E-state index in [0.717, 1.165) is 12.8 Å². The van der Waals surface area contributed by atoms with Gasteiger partial charge in [0.25, 0.3) is 0 Å². The third-order valence-electron chi connectivity index (χ3n) is 2.67. The number of hydrogen-bond acceptors (Lipinski definition) is 3. The number of unbranched alkanes of at least 4 members (excludes halogenated alkanes) is 1. The van der Waals surface area contributed by atoms with Crippen molar-refractivity contribution in [2.45, 2.75) is 50.8 Å². The Morgan fingerprint density at radius 2 is 2.07 bits per heavy atom. The van der Waals surface area contributed by atoms with Crippen LogP contribution in [0.25, 0.3) is 0 Å². The van der Waals surface area contributed by atoms with Crippen LogP contribution in [0, 0.1) is 0 Å². The van der Waals surface area contributed by atoms with Crippen molar-refractivity contribution in [3.8, 4) is 0 Å². The number of nitrogens with one attached hydrogen (secondary N) is 1. The van der Waals surface area contributed by atoms with Gasteiger partial charge in [0.05, 0.1) is 11.0 Å². The van der Waals surface area contributed by atoms with E-state index in [0.29, 0.717) is 18.3 Å². The molecular formula is C10H21NO2S. The molecule has 0 amide bonds. The van der Waals surface area contributed by atoms with Gasteiger partial charge in [-0.15, -0.1) is 0 Å². The van der Waals surface area contributed by atoms with Crippen LogP contribution in [-0.2, 0) is 9.84 Å². The van der Waals surface area contributed by atoms with Crippen molar-refractivity contribution in [3.05, 3.63) is 0 Å². The standard InChI is InChI=1S/C10H21NO2S/c1-3-4-7-14(12,13)9(2)8-11-10-5-6-10/h9-11H,3-8H2,1-2H3. The molecule has 0 bridgehead atoms. The van der Waals surface area contributed by atoms with Crippen molar-refractivity contribution in [2.24, 2.45) is 0 Å². The third-order valence-corrected chi connectivity index (χ3v) is 4.92. The van der Waals surface area contributed by atoms with Crippen molar-refractivity contribution in [1.82, 2.24) is 5.32 Å². The average Bonchev–Trinajstić information content (AvgIpc) is 2.94. The van der Waals surface area contributed by atoms with Gasteiger partial charge in [0.15, 0.2) is 9.84 Å². The highest BCUT2D eigenvalue weighted by atomic mass is 32.2. The van der Waals surface area contributed by atoms with Gasteiger partial charge in [-0.25, -0.2) is 8.42 Å². The summed E-state index contributed by atoms with van der Waals surface area (Å²) in [5.41, 5.74) is 0. The molecule has 0 radical (unpaired) electrons. The van der Waals surface area contributed by atoms with Gasteiger partial charge >= 0.3 is 0 Å². The first-order valence-corrected chi connectivity index (χ1v) is 7.22. The number of sulfone groups is 1. The van der Waals surface area contributed by atoms with Gasteiger partial charge < -0.3 is 5.32 Å². The zero-order valence-corrected chi connectivity index (χ0v) is 9.94. The molecule has 1 atom stereocenters. The van der Waals surface area contributed by atoms with Crippen LogP contribution >= 0.6 is 0 Å². The molecule has 0 aromatic carbocycles. The molecule has 4 heteroatoms. The van der Waals surface area contributed by atoms with Gasteiger partial charge in [-0.2, -0.15) is 0 Å². The Hall–Kier alpha value is -0.0900. The Morgan fingerprint density at radius 3 is 2.57 bits per heavy atom. The zero-order chi connectivity index (χ0) is 10.6. The molecule has 0 aromatic heterocycles. The molecule has 1 N–H and O–H groups in total. The molecule has 0 aliphatic heterocycles. The lowest BCUT2D eigenvalue weighted by Crippen LogP contribution is -2.33. The summed E-state index contributed by atoms with van der Waals surface area (Å²) in [4.78, 5) is 0. The highest BCUT2D eigenvalue weighted by molar-refractivity contribution is 7.92. The summed E-state index contributed by atoms with van der Waals surface area (Å²) in [7, 11) is -2.85. The van der Waals surface area contributed by atoms with Crippen LogP contribution in [0.5, 0.6) is 0 Å². The fourth-order valence-corrected chi connectivity index (χ4v) is 2.74. The summed E-state index contributed by atoms with van der Waals surface area (Å²) < 4.78 is 23.4. The molecule has 0 saturated heterocycles. The number of rotatable bonds is 7. The highest BCUT2D eigenvalue weighted by Gasteiger charge is 2.25. The first kappa shape index (κ1) is 12.0. The minimum absolute atomic E-state index is 0.227. The molecule has 1 aliphatic carbocycles. The van der Waals surface area contributed by atoms with Gasteiger partial charge in [0, 0.05) is 12.6 Å². The minimum Gasteiger partial charge on any atom is -0.313 e. The zero-order valence-electron chi connectivity index (χ0n) is 9.12. The topological polar surface area (TPSA) is 46.2 Å². The molecule has 0 heterocycles. The van der Waals surface area contributed by atoms with Crippen molar-refractivity contribution in [3.63, 3.8) is 0 Å². The van der Waals surface area contributed by atoms with E-state index in [2.05, 4.69) is 5.32 Å². The molecule has 1 unspecified atom stereocenters. The lowest BCUT2D eigenvalue weighted by molar-refractivity contribution is 0.568. The van der Waals surface area contributed by atoms with Crippen LogP contribution in [-0.4, -0.2) is 32.0 Å². The molecule has 84 valence electrons. The van der Waals surface area contributed by atoms with Gasteiger partial charge in [-0.1, -0.05) is 13.3 Å². The molecule has 14 heavy (non-hydrogen) atoms. The summed E-state index contributed by atoms with van der Waals surface area (Å²) in [6.07, 6.45) is 4.15. The minimum atomic E-state index is -2.85. The fraction of sp³-hybridized carbons (Fsp3) is 1.00. The second kappa shape index (κ2) is 5.12. The van der Waals surface area contributed by atoms with E-state index >= 15 is 0 Å². The summed E-state index contributed by atoms with van der Waals surface area (Å²) >= 11 is 0. The quantitative estimate of drug-likeness (QED) is 0.703. The Bertz CT molecular complexity index is 257. The Balaban J connectivity index is 2.28. The molecule has 0 aromatic rings. The largest absolute Gasteiger partial charge is 0.313 e. The summed E-state index contributed by atoms with van der Waals surface area (Å²) in [6, 6.07) is 0.596. The maximum atomic E-state index is 11.7. The lowest BCUT2D eigenvalue weighted by Gasteiger charge is -2.13. The number of hydrogen-bond donors (Lipinski definition) is 1. The summed E-state index contributed by atoms with van der Waals surface area (Å²) in [5, 5.41) is 3.03. The highest BCUT2D eigenvalue weighted by Crippen LogP contribution is 2.18. The van der Waals surface area contributed by atoms with E-state index in [1.807, 2.05) is 6.92 Å². The Morgan fingerprint density at radius 1 is 1.43 bits per heavy atom. The van der Waals surface area contributed by atoms with Crippen molar-refractivity contribution < 1.29 is 8.42 Å². The molecule has 1 rings (SSSR count). The second-order valence-electron chi connectivity index (χ2n) is 4.21. The summed E-state index contributed by atoms with van der Waals surface area (Å²) in [5.74, 6) is 0.344.